The van der Waals surface area contributed by atoms with E-state index in [4.69, 9.17) is 4.74 Å². The van der Waals surface area contributed by atoms with Crippen LogP contribution in [0.3, 0.4) is 0 Å². The van der Waals surface area contributed by atoms with Gasteiger partial charge in [0.2, 0.25) is 5.72 Å². The van der Waals surface area contributed by atoms with Crippen molar-refractivity contribution in [1.82, 2.24) is 0 Å². The molecule has 1 aromatic rings. The van der Waals surface area contributed by atoms with E-state index in [9.17, 15) is 0 Å². The Labute approximate surface area is 102 Å². The maximum Gasteiger partial charge on any atom is 0.201 e. The zero-order chi connectivity index (χ0) is 12.0. The molecule has 3 heteroatoms. The fourth-order valence-electron chi connectivity index (χ4n) is 1.69. The smallest absolute Gasteiger partial charge is 0.201 e. The van der Waals surface area contributed by atoms with Crippen molar-refractivity contribution in [2.45, 2.75) is 19.1 Å². The molecule has 0 spiro atoms. The van der Waals surface area contributed by atoms with E-state index in [0.717, 1.165) is 12.1 Å². The van der Waals surface area contributed by atoms with E-state index in [0.29, 0.717) is 6.61 Å². The first-order valence-corrected chi connectivity index (χ1v) is 5.81. The van der Waals surface area contributed by atoms with E-state index in [-0.39, 0.29) is 0 Å². The van der Waals surface area contributed by atoms with E-state index in [1.807, 2.05) is 61.6 Å². The highest BCUT2D eigenvalue weighted by molar-refractivity contribution is 5.35. The lowest BCUT2D eigenvalue weighted by molar-refractivity contribution is 0.00245. The molecule has 17 heavy (non-hydrogen) atoms. The summed E-state index contributed by atoms with van der Waals surface area (Å²) in [5, 5.41) is 8.57. The van der Waals surface area contributed by atoms with Crippen molar-refractivity contribution in [2.24, 2.45) is 10.2 Å². The molecule has 1 aromatic carbocycles. The second-order valence-electron chi connectivity index (χ2n) is 3.80. The topological polar surface area (TPSA) is 34.0 Å². The van der Waals surface area contributed by atoms with E-state index in [1.165, 1.54) is 0 Å². The average Bonchev–Trinajstić information content (AvgIpc) is 2.39. The summed E-state index contributed by atoms with van der Waals surface area (Å²) in [7, 11) is 0. The summed E-state index contributed by atoms with van der Waals surface area (Å²) in [6, 6.07) is 9.69. The molecule has 1 aliphatic carbocycles. The Morgan fingerprint density at radius 2 is 2.06 bits per heavy atom. The van der Waals surface area contributed by atoms with Gasteiger partial charge in [0.15, 0.2) is 0 Å². The summed E-state index contributed by atoms with van der Waals surface area (Å²) < 4.78 is 5.69. The predicted octanol–water partition coefficient (Wildman–Crippen LogP) is 4.02. The molecule has 0 amide bonds. The molecule has 0 aliphatic heterocycles. The van der Waals surface area contributed by atoms with Crippen LogP contribution in [0.15, 0.2) is 64.9 Å². The van der Waals surface area contributed by atoms with Gasteiger partial charge in [0, 0.05) is 13.0 Å². The highest BCUT2D eigenvalue weighted by Gasteiger charge is 2.27. The molecule has 0 N–H and O–H groups in total. The molecule has 1 atom stereocenters. The third-order valence-electron chi connectivity index (χ3n) is 2.50. The summed E-state index contributed by atoms with van der Waals surface area (Å²) in [6.07, 6.45) is 8.66. The van der Waals surface area contributed by atoms with Crippen molar-refractivity contribution >= 4 is 5.69 Å². The van der Waals surface area contributed by atoms with Gasteiger partial charge in [0.1, 0.15) is 0 Å². The molecule has 0 radical (unpaired) electrons. The number of rotatable bonds is 4. The number of azo groups is 1. The lowest BCUT2D eigenvalue weighted by Crippen LogP contribution is -2.27. The van der Waals surface area contributed by atoms with Gasteiger partial charge in [0.25, 0.3) is 0 Å². The molecule has 1 aliphatic rings. The average molecular weight is 228 g/mol. The molecule has 3 nitrogen and oxygen atoms in total. The Kier molecular flexibility index (Phi) is 3.83. The quantitative estimate of drug-likeness (QED) is 0.716. The van der Waals surface area contributed by atoms with E-state index >= 15 is 0 Å². The van der Waals surface area contributed by atoms with Crippen LogP contribution in [0.25, 0.3) is 0 Å². The van der Waals surface area contributed by atoms with Gasteiger partial charge in [-0.3, -0.25) is 0 Å². The first-order chi connectivity index (χ1) is 8.35. The molecule has 0 aromatic heterocycles. The fraction of sp³-hybridized carbons (Fsp3) is 0.286. The molecule has 0 saturated heterocycles. The number of allylic oxidation sites excluding steroid dienone is 2. The third-order valence-corrected chi connectivity index (χ3v) is 2.50. The molecule has 88 valence electrons. The van der Waals surface area contributed by atoms with E-state index in [2.05, 4.69) is 10.2 Å². The Morgan fingerprint density at radius 3 is 2.71 bits per heavy atom. The maximum atomic E-state index is 5.69. The minimum absolute atomic E-state index is 0.617. The first-order valence-electron chi connectivity index (χ1n) is 5.81. The zero-order valence-electron chi connectivity index (χ0n) is 9.91. The second-order valence-corrected chi connectivity index (χ2v) is 3.80. The number of benzene rings is 1. The van der Waals surface area contributed by atoms with Crippen molar-refractivity contribution in [1.29, 1.82) is 0 Å². The number of nitrogens with zero attached hydrogens (tertiary/aromatic N) is 2. The summed E-state index contributed by atoms with van der Waals surface area (Å²) in [6.45, 7) is 2.58. The summed E-state index contributed by atoms with van der Waals surface area (Å²) in [5.74, 6) is 0. The molecule has 1 unspecified atom stereocenters. The summed E-state index contributed by atoms with van der Waals surface area (Å²) in [4.78, 5) is 0. The number of ether oxygens (including phenoxy) is 1. The Balaban J connectivity index is 2.16. The number of hydrogen-bond donors (Lipinski definition) is 0. The summed E-state index contributed by atoms with van der Waals surface area (Å²) in [5.41, 5.74) is 0.217. The summed E-state index contributed by atoms with van der Waals surface area (Å²) >= 11 is 0. The SMILES string of the molecule is CCOC1(N=Nc2ccccc2)C=CC=CC1. The van der Waals surface area contributed by atoms with Gasteiger partial charge in [-0.2, -0.15) is 5.11 Å². The van der Waals surface area contributed by atoms with Crippen LogP contribution in [0.4, 0.5) is 5.69 Å². The molecular weight excluding hydrogens is 212 g/mol. The lowest BCUT2D eigenvalue weighted by atomic mass is 10.1. The van der Waals surface area contributed by atoms with Crippen LogP contribution in [-0.2, 0) is 4.74 Å². The minimum atomic E-state index is -0.626. The van der Waals surface area contributed by atoms with Crippen LogP contribution in [0, 0.1) is 0 Å². The minimum Gasteiger partial charge on any atom is -0.349 e. The van der Waals surface area contributed by atoms with Gasteiger partial charge in [-0.1, -0.05) is 36.4 Å². The van der Waals surface area contributed by atoms with Crippen molar-refractivity contribution in [3.63, 3.8) is 0 Å². The van der Waals surface area contributed by atoms with Gasteiger partial charge >= 0.3 is 0 Å². The first kappa shape index (κ1) is 11.7. The van der Waals surface area contributed by atoms with Crippen molar-refractivity contribution < 1.29 is 4.74 Å². The Bertz CT molecular complexity index is 437. The van der Waals surface area contributed by atoms with Crippen molar-refractivity contribution in [3.8, 4) is 0 Å². The third kappa shape index (κ3) is 3.11. The highest BCUT2D eigenvalue weighted by atomic mass is 16.5. The largest absolute Gasteiger partial charge is 0.349 e. The monoisotopic (exact) mass is 228 g/mol. The molecule has 0 fully saturated rings. The van der Waals surface area contributed by atoms with Crippen LogP contribution in [-0.4, -0.2) is 12.3 Å². The lowest BCUT2D eigenvalue weighted by Gasteiger charge is -2.25. The van der Waals surface area contributed by atoms with Gasteiger partial charge in [-0.05, 0) is 25.1 Å². The molecule has 0 bridgehead atoms. The normalized spacial score (nSPS) is 23.4. The molecule has 0 saturated carbocycles. The van der Waals surface area contributed by atoms with Gasteiger partial charge in [0.05, 0.1) is 5.69 Å². The molecule has 2 rings (SSSR count). The fourth-order valence-corrected chi connectivity index (χ4v) is 1.69. The van der Waals surface area contributed by atoms with E-state index < -0.39 is 5.72 Å². The standard InChI is InChI=1S/C14H16N2O/c1-2-17-14(11-7-4-8-12-14)16-15-13-9-5-3-6-10-13/h3-11H,2,12H2,1H3. The van der Waals surface area contributed by atoms with Crippen LogP contribution in [0.2, 0.25) is 0 Å². The van der Waals surface area contributed by atoms with Crippen molar-refractivity contribution in [2.75, 3.05) is 6.61 Å². The van der Waals surface area contributed by atoms with E-state index in [1.54, 1.807) is 0 Å². The molecular formula is C14H16N2O. The maximum absolute atomic E-state index is 5.69. The van der Waals surface area contributed by atoms with Gasteiger partial charge < -0.3 is 4.74 Å². The highest BCUT2D eigenvalue weighted by Crippen LogP contribution is 2.26. The predicted molar refractivity (Wildman–Crippen MR) is 68.2 cm³/mol. The van der Waals surface area contributed by atoms with Crippen LogP contribution >= 0.6 is 0 Å². The van der Waals surface area contributed by atoms with Crippen molar-refractivity contribution in [3.05, 3.63) is 54.6 Å². The van der Waals surface area contributed by atoms with Crippen LogP contribution in [0.1, 0.15) is 13.3 Å². The van der Waals surface area contributed by atoms with Gasteiger partial charge in [-0.15, -0.1) is 5.11 Å². The Morgan fingerprint density at radius 1 is 1.24 bits per heavy atom. The zero-order valence-corrected chi connectivity index (χ0v) is 9.91. The molecule has 0 heterocycles. The second kappa shape index (κ2) is 5.55. The van der Waals surface area contributed by atoms with Crippen LogP contribution in [0.5, 0.6) is 0 Å². The number of hydrogen-bond acceptors (Lipinski definition) is 3. The van der Waals surface area contributed by atoms with Gasteiger partial charge in [-0.25, -0.2) is 0 Å². The van der Waals surface area contributed by atoms with Crippen LogP contribution < -0.4 is 0 Å². The Hall–Kier alpha value is -1.74.